The molecule has 2 heterocycles. The second-order valence-electron chi connectivity index (χ2n) is 5.22. The molecule has 7 nitrogen and oxygen atoms in total. The lowest BCUT2D eigenvalue weighted by atomic mass is 9.69. The van der Waals surface area contributed by atoms with Crippen molar-refractivity contribution in [2.24, 2.45) is 18.7 Å². The molecule has 3 rings (SSSR count). The van der Waals surface area contributed by atoms with Crippen molar-refractivity contribution in [3.8, 4) is 0 Å². The smallest absolute Gasteiger partial charge is 0.244 e. The van der Waals surface area contributed by atoms with Crippen molar-refractivity contribution in [3.05, 3.63) is 12.4 Å². The lowest BCUT2D eigenvalue weighted by molar-refractivity contribution is -0.114. The van der Waals surface area contributed by atoms with Crippen molar-refractivity contribution in [2.75, 3.05) is 6.61 Å². The van der Waals surface area contributed by atoms with Crippen LogP contribution in [0.3, 0.4) is 0 Å². The molecular weight excluding hydrogens is 268 g/mol. The molecule has 2 fully saturated rings. The average molecular weight is 286 g/mol. The Morgan fingerprint density at radius 2 is 2.37 bits per heavy atom. The Morgan fingerprint density at radius 3 is 3.05 bits per heavy atom. The number of rotatable bonds is 3. The van der Waals surface area contributed by atoms with Gasteiger partial charge in [-0.25, -0.2) is 13.1 Å². The van der Waals surface area contributed by atoms with E-state index in [0.29, 0.717) is 6.61 Å². The second kappa shape index (κ2) is 4.55. The Hall–Kier alpha value is -0.960. The highest BCUT2D eigenvalue weighted by molar-refractivity contribution is 7.89. The van der Waals surface area contributed by atoms with Crippen molar-refractivity contribution < 1.29 is 13.2 Å². The number of nitrogens with two attached hydrogens (primary N) is 1. The van der Waals surface area contributed by atoms with E-state index in [4.69, 9.17) is 10.5 Å². The minimum Gasteiger partial charge on any atom is -0.376 e. The molecule has 4 unspecified atom stereocenters. The van der Waals surface area contributed by atoms with Crippen LogP contribution in [0.15, 0.2) is 17.3 Å². The summed E-state index contributed by atoms with van der Waals surface area (Å²) in [7, 11) is -1.90. The van der Waals surface area contributed by atoms with Gasteiger partial charge in [-0.15, -0.1) is 0 Å². The van der Waals surface area contributed by atoms with E-state index in [2.05, 4.69) is 9.82 Å². The highest BCUT2D eigenvalue weighted by atomic mass is 32.2. The van der Waals surface area contributed by atoms with E-state index < -0.39 is 10.0 Å². The van der Waals surface area contributed by atoms with Gasteiger partial charge in [0.2, 0.25) is 10.0 Å². The molecule has 106 valence electrons. The van der Waals surface area contributed by atoms with Crippen molar-refractivity contribution in [1.29, 1.82) is 0 Å². The number of ether oxygens (including phenoxy) is 1. The van der Waals surface area contributed by atoms with Gasteiger partial charge in [0.15, 0.2) is 0 Å². The molecule has 8 heteroatoms. The molecule has 4 atom stereocenters. The lowest BCUT2D eigenvalue weighted by Gasteiger charge is -2.52. The summed E-state index contributed by atoms with van der Waals surface area (Å²) in [5, 5.41) is 3.87. The molecule has 1 aliphatic carbocycles. The average Bonchev–Trinajstić information content (AvgIpc) is 2.83. The van der Waals surface area contributed by atoms with E-state index in [9.17, 15) is 8.42 Å². The van der Waals surface area contributed by atoms with Crippen molar-refractivity contribution in [1.82, 2.24) is 14.5 Å². The molecule has 1 aromatic rings. The third-order valence-corrected chi connectivity index (χ3v) is 5.37. The Kier molecular flexibility index (Phi) is 3.12. The predicted octanol–water partition coefficient (Wildman–Crippen LogP) is -0.797. The van der Waals surface area contributed by atoms with Crippen LogP contribution in [0.1, 0.15) is 12.8 Å². The minimum absolute atomic E-state index is 0.0878. The van der Waals surface area contributed by atoms with Crippen LogP contribution in [-0.4, -0.2) is 43.0 Å². The highest BCUT2D eigenvalue weighted by Gasteiger charge is 2.51. The first-order valence-corrected chi connectivity index (χ1v) is 7.85. The zero-order chi connectivity index (χ0) is 13.6. The van der Waals surface area contributed by atoms with Gasteiger partial charge in [0.05, 0.1) is 18.3 Å². The maximum atomic E-state index is 12.2. The van der Waals surface area contributed by atoms with E-state index in [-0.39, 0.29) is 29.0 Å². The van der Waals surface area contributed by atoms with Crippen LogP contribution < -0.4 is 10.5 Å². The number of nitrogens with one attached hydrogen (secondary N) is 1. The molecule has 1 aliphatic heterocycles. The third kappa shape index (κ3) is 2.18. The highest BCUT2D eigenvalue weighted by Crippen LogP contribution is 2.37. The number of aromatic nitrogens is 2. The van der Waals surface area contributed by atoms with Crippen LogP contribution in [0.25, 0.3) is 0 Å². The number of hydrogen-bond acceptors (Lipinski definition) is 5. The summed E-state index contributed by atoms with van der Waals surface area (Å²) in [5.41, 5.74) is 6.04. The number of hydrogen-bond donors (Lipinski definition) is 2. The van der Waals surface area contributed by atoms with Crippen LogP contribution in [0, 0.1) is 5.92 Å². The first kappa shape index (κ1) is 13.0. The van der Waals surface area contributed by atoms with Gasteiger partial charge in [-0.3, -0.25) is 4.68 Å². The van der Waals surface area contributed by atoms with Crippen LogP contribution in [0.4, 0.5) is 0 Å². The Morgan fingerprint density at radius 1 is 1.58 bits per heavy atom. The van der Waals surface area contributed by atoms with Crippen LogP contribution in [-0.2, 0) is 21.8 Å². The molecule has 1 saturated heterocycles. The minimum atomic E-state index is -3.58. The zero-order valence-electron chi connectivity index (χ0n) is 10.7. The summed E-state index contributed by atoms with van der Waals surface area (Å²) < 4.78 is 34.1. The molecular formula is C11H18N4O3S. The summed E-state index contributed by atoms with van der Waals surface area (Å²) in [6.45, 7) is 0.680. The largest absolute Gasteiger partial charge is 0.376 e. The molecule has 0 amide bonds. The standard InChI is InChI=1S/C11H18N4O3S/c1-15-6-7(5-13-15)19(16,17)14-10-9(12)8-3-2-4-18-11(8)10/h5-6,8-11,14H,2-4,12H2,1H3. The molecule has 3 N–H and O–H groups in total. The quantitative estimate of drug-likeness (QED) is 0.758. The van der Waals surface area contributed by atoms with Gasteiger partial charge in [-0.2, -0.15) is 5.10 Å². The van der Waals surface area contributed by atoms with Crippen molar-refractivity contribution in [3.63, 3.8) is 0 Å². The van der Waals surface area contributed by atoms with Crippen LogP contribution in [0.2, 0.25) is 0 Å². The maximum Gasteiger partial charge on any atom is 0.244 e. The van der Waals surface area contributed by atoms with Gasteiger partial charge >= 0.3 is 0 Å². The van der Waals surface area contributed by atoms with Crippen LogP contribution >= 0.6 is 0 Å². The summed E-state index contributed by atoms with van der Waals surface area (Å²) in [4.78, 5) is 0.154. The molecule has 0 radical (unpaired) electrons. The molecule has 1 aromatic heterocycles. The molecule has 0 bridgehead atoms. The number of fused-ring (bicyclic) bond motifs is 1. The fourth-order valence-corrected chi connectivity index (χ4v) is 4.14. The van der Waals surface area contributed by atoms with Gasteiger partial charge in [0.25, 0.3) is 0 Å². The van der Waals surface area contributed by atoms with Gasteiger partial charge in [0, 0.05) is 31.8 Å². The van der Waals surface area contributed by atoms with Gasteiger partial charge < -0.3 is 10.5 Å². The second-order valence-corrected chi connectivity index (χ2v) is 6.93. The van der Waals surface area contributed by atoms with E-state index in [1.54, 1.807) is 7.05 Å². The Bertz CT molecular complexity index is 570. The molecule has 1 saturated carbocycles. The summed E-state index contributed by atoms with van der Waals surface area (Å²) in [6, 6.07) is -0.507. The number of sulfonamides is 1. The third-order valence-electron chi connectivity index (χ3n) is 3.96. The Labute approximate surface area is 112 Å². The van der Waals surface area contributed by atoms with E-state index in [1.165, 1.54) is 17.1 Å². The SMILES string of the molecule is Cn1cc(S(=O)(=O)NC2C(N)C3CCCOC32)cn1. The topological polar surface area (TPSA) is 99.2 Å². The first-order chi connectivity index (χ1) is 8.99. The van der Waals surface area contributed by atoms with Crippen LogP contribution in [0.5, 0.6) is 0 Å². The maximum absolute atomic E-state index is 12.2. The molecule has 0 aromatic carbocycles. The van der Waals surface area contributed by atoms with Gasteiger partial charge in [-0.05, 0) is 12.8 Å². The van der Waals surface area contributed by atoms with E-state index >= 15 is 0 Å². The van der Waals surface area contributed by atoms with E-state index in [1.807, 2.05) is 0 Å². The zero-order valence-corrected chi connectivity index (χ0v) is 11.5. The number of aryl methyl sites for hydroxylation is 1. The Balaban J connectivity index is 1.74. The van der Waals surface area contributed by atoms with Crippen molar-refractivity contribution >= 4 is 10.0 Å². The monoisotopic (exact) mass is 286 g/mol. The summed E-state index contributed by atoms with van der Waals surface area (Å²) in [6.07, 6.45) is 4.71. The molecule has 2 aliphatic rings. The van der Waals surface area contributed by atoms with Gasteiger partial charge in [-0.1, -0.05) is 0 Å². The first-order valence-electron chi connectivity index (χ1n) is 6.37. The number of nitrogens with zero attached hydrogens (tertiary/aromatic N) is 2. The van der Waals surface area contributed by atoms with Gasteiger partial charge in [0.1, 0.15) is 4.90 Å². The lowest BCUT2D eigenvalue weighted by Crippen LogP contribution is -2.71. The molecule has 19 heavy (non-hydrogen) atoms. The summed E-state index contributed by atoms with van der Waals surface area (Å²) >= 11 is 0. The molecule has 0 spiro atoms. The fraction of sp³-hybridized carbons (Fsp3) is 0.727. The fourth-order valence-electron chi connectivity index (χ4n) is 2.88. The van der Waals surface area contributed by atoms with Crippen molar-refractivity contribution in [2.45, 2.75) is 35.9 Å². The normalized spacial score (nSPS) is 34.6. The predicted molar refractivity (Wildman–Crippen MR) is 67.8 cm³/mol. The summed E-state index contributed by atoms with van der Waals surface area (Å²) in [5.74, 6) is 0.273. The van der Waals surface area contributed by atoms with E-state index in [0.717, 1.165) is 12.8 Å².